The van der Waals surface area contributed by atoms with Crippen LogP contribution in [0, 0.1) is 0 Å². The topological polar surface area (TPSA) is 51.5 Å². The van der Waals surface area contributed by atoms with Crippen molar-refractivity contribution in [2.24, 2.45) is 0 Å². The van der Waals surface area contributed by atoms with Gasteiger partial charge in [-0.25, -0.2) is 0 Å². The summed E-state index contributed by atoms with van der Waals surface area (Å²) in [6.07, 6.45) is 0.766. The summed E-state index contributed by atoms with van der Waals surface area (Å²) >= 11 is 0. The third-order valence-electron chi connectivity index (χ3n) is 5.06. The lowest BCUT2D eigenvalue weighted by atomic mass is 10.1. The zero-order valence-electron chi connectivity index (χ0n) is 14.7. The maximum absolute atomic E-state index is 13.1. The molecule has 5 heteroatoms. The van der Waals surface area contributed by atoms with Crippen molar-refractivity contribution >= 4 is 21.5 Å². The van der Waals surface area contributed by atoms with Crippen molar-refractivity contribution in [2.45, 2.75) is 13.0 Å². The van der Waals surface area contributed by atoms with Crippen LogP contribution in [0.25, 0.3) is 21.5 Å². The van der Waals surface area contributed by atoms with E-state index in [0.29, 0.717) is 17.3 Å². The van der Waals surface area contributed by atoms with Gasteiger partial charge in [-0.05, 0) is 29.3 Å². The first kappa shape index (κ1) is 16.9. The molecule has 0 bridgehead atoms. The van der Waals surface area contributed by atoms with Gasteiger partial charge in [-0.3, -0.25) is 19.1 Å². The molecule has 4 rings (SSSR count). The minimum absolute atomic E-state index is 0.205. The minimum atomic E-state index is -0.205. The summed E-state index contributed by atoms with van der Waals surface area (Å²) in [5.74, 6) is 0. The highest BCUT2D eigenvalue weighted by atomic mass is 16.5. The fourth-order valence-corrected chi connectivity index (χ4v) is 3.67. The molecule has 0 atom stereocenters. The Bertz CT molecular complexity index is 980. The van der Waals surface area contributed by atoms with Crippen molar-refractivity contribution in [3.63, 3.8) is 0 Å². The van der Waals surface area contributed by atoms with Gasteiger partial charge < -0.3 is 4.74 Å². The Morgan fingerprint density at radius 1 is 0.731 bits per heavy atom. The molecule has 26 heavy (non-hydrogen) atoms. The number of rotatable bonds is 4. The van der Waals surface area contributed by atoms with Crippen molar-refractivity contribution < 1.29 is 4.74 Å². The van der Waals surface area contributed by atoms with Gasteiger partial charge in [0, 0.05) is 37.0 Å². The molecule has 0 amide bonds. The van der Waals surface area contributed by atoms with E-state index in [4.69, 9.17) is 4.74 Å². The summed E-state index contributed by atoms with van der Waals surface area (Å²) in [7, 11) is 0. The molecule has 2 heterocycles. The van der Waals surface area contributed by atoms with E-state index in [2.05, 4.69) is 4.90 Å². The Morgan fingerprint density at radius 2 is 1.23 bits per heavy atom. The molecular weight excluding hydrogens is 328 g/mol. The number of nitrogens with zero attached hydrogens (tertiary/aromatic N) is 2. The molecule has 1 fully saturated rings. The Hall–Kier alpha value is -2.50. The predicted molar refractivity (Wildman–Crippen MR) is 104 cm³/mol. The standard InChI is InChI=1S/C21H22N2O3/c24-20-18-8-3-1-6-16(18)17-7-2-4-9-19(17)21(25)23(20)11-5-10-22-12-14-26-15-13-22/h1-4,6-9H,5,10-15H2. The lowest BCUT2D eigenvalue weighted by Crippen LogP contribution is -2.38. The maximum Gasteiger partial charge on any atom is 0.261 e. The maximum atomic E-state index is 13.1. The molecule has 0 aliphatic carbocycles. The average molecular weight is 350 g/mol. The number of hydrogen-bond acceptors (Lipinski definition) is 4. The predicted octanol–water partition coefficient (Wildman–Crippen LogP) is 2.24. The molecule has 0 spiro atoms. The van der Waals surface area contributed by atoms with Gasteiger partial charge in [-0.1, -0.05) is 36.4 Å². The second kappa shape index (κ2) is 7.40. The Balaban J connectivity index is 1.78. The smallest absolute Gasteiger partial charge is 0.261 e. The van der Waals surface area contributed by atoms with Crippen molar-refractivity contribution in [3.8, 4) is 0 Å². The molecule has 134 valence electrons. The quantitative estimate of drug-likeness (QED) is 0.724. The van der Waals surface area contributed by atoms with Crippen LogP contribution in [0.3, 0.4) is 0 Å². The van der Waals surface area contributed by atoms with E-state index in [-0.39, 0.29) is 11.1 Å². The van der Waals surface area contributed by atoms with Crippen molar-refractivity contribution in [1.29, 1.82) is 0 Å². The van der Waals surface area contributed by atoms with Crippen molar-refractivity contribution in [1.82, 2.24) is 9.47 Å². The molecule has 1 aliphatic heterocycles. The fourth-order valence-electron chi connectivity index (χ4n) is 3.67. The molecule has 0 unspecified atom stereocenters. The molecule has 0 saturated carbocycles. The van der Waals surface area contributed by atoms with E-state index >= 15 is 0 Å². The van der Waals surface area contributed by atoms with E-state index in [1.165, 1.54) is 4.57 Å². The normalized spacial score (nSPS) is 15.5. The second-order valence-corrected chi connectivity index (χ2v) is 6.66. The van der Waals surface area contributed by atoms with Crippen LogP contribution in [0.1, 0.15) is 6.42 Å². The van der Waals surface area contributed by atoms with Crippen LogP contribution in [0.2, 0.25) is 0 Å². The molecule has 1 aliphatic rings. The average Bonchev–Trinajstić information content (AvgIpc) is 2.79. The van der Waals surface area contributed by atoms with Crippen molar-refractivity contribution in [3.05, 3.63) is 69.2 Å². The van der Waals surface area contributed by atoms with Gasteiger partial charge in [0.25, 0.3) is 11.1 Å². The SMILES string of the molecule is O=c1c2ccccc2c2ccccc2c(=O)n1CCCN1CCOCC1. The summed E-state index contributed by atoms with van der Waals surface area (Å²) in [6.45, 7) is 4.62. The Kier molecular flexibility index (Phi) is 4.82. The highest BCUT2D eigenvalue weighted by Crippen LogP contribution is 2.19. The first-order valence-corrected chi connectivity index (χ1v) is 9.10. The summed E-state index contributed by atoms with van der Waals surface area (Å²) < 4.78 is 6.77. The molecule has 0 radical (unpaired) electrons. The van der Waals surface area contributed by atoms with Gasteiger partial charge in [-0.2, -0.15) is 0 Å². The largest absolute Gasteiger partial charge is 0.379 e. The highest BCUT2D eigenvalue weighted by Gasteiger charge is 2.12. The van der Waals surface area contributed by atoms with E-state index < -0.39 is 0 Å². The molecule has 5 nitrogen and oxygen atoms in total. The summed E-state index contributed by atoms with van der Waals surface area (Å²) in [5.41, 5.74) is -0.410. The number of benzene rings is 2. The van der Waals surface area contributed by atoms with Crippen molar-refractivity contribution in [2.75, 3.05) is 32.8 Å². The molecule has 1 saturated heterocycles. The third kappa shape index (κ3) is 3.16. The first-order valence-electron chi connectivity index (χ1n) is 9.10. The first-order chi connectivity index (χ1) is 12.8. The Morgan fingerprint density at radius 3 is 1.77 bits per heavy atom. The molecule has 2 aromatic carbocycles. The number of fused-ring (bicyclic) bond motifs is 3. The third-order valence-corrected chi connectivity index (χ3v) is 5.06. The van der Waals surface area contributed by atoms with Gasteiger partial charge in [-0.15, -0.1) is 0 Å². The number of aromatic nitrogens is 1. The van der Waals surface area contributed by atoms with Gasteiger partial charge in [0.2, 0.25) is 0 Å². The monoisotopic (exact) mass is 350 g/mol. The summed E-state index contributed by atoms with van der Waals surface area (Å²) in [5, 5.41) is 2.85. The molecule has 1 aromatic heterocycles. The van der Waals surface area contributed by atoms with Gasteiger partial charge >= 0.3 is 0 Å². The summed E-state index contributed by atoms with van der Waals surface area (Å²) in [6, 6.07) is 14.9. The molecule has 0 N–H and O–H groups in total. The lowest BCUT2D eigenvalue weighted by molar-refractivity contribution is 0.0369. The number of ether oxygens (including phenoxy) is 1. The van der Waals surface area contributed by atoms with E-state index in [1.54, 1.807) is 0 Å². The Labute approximate surface area is 151 Å². The number of morpholine rings is 1. The van der Waals surface area contributed by atoms with Crippen LogP contribution in [0.4, 0.5) is 0 Å². The van der Waals surface area contributed by atoms with Crippen LogP contribution in [-0.4, -0.2) is 42.3 Å². The van der Waals surface area contributed by atoms with Crippen LogP contribution >= 0.6 is 0 Å². The van der Waals surface area contributed by atoms with E-state index in [9.17, 15) is 9.59 Å². The van der Waals surface area contributed by atoms with Crippen LogP contribution in [0.15, 0.2) is 58.1 Å². The lowest BCUT2D eigenvalue weighted by Gasteiger charge is -2.26. The van der Waals surface area contributed by atoms with Gasteiger partial charge in [0.15, 0.2) is 0 Å². The zero-order chi connectivity index (χ0) is 17.9. The summed E-state index contributed by atoms with van der Waals surface area (Å²) in [4.78, 5) is 28.5. The zero-order valence-corrected chi connectivity index (χ0v) is 14.7. The van der Waals surface area contributed by atoms with Crippen LogP contribution < -0.4 is 11.1 Å². The second-order valence-electron chi connectivity index (χ2n) is 6.66. The van der Waals surface area contributed by atoms with E-state index in [1.807, 2.05) is 48.5 Å². The van der Waals surface area contributed by atoms with Crippen LogP contribution in [-0.2, 0) is 11.3 Å². The van der Waals surface area contributed by atoms with Crippen LogP contribution in [0.5, 0.6) is 0 Å². The number of hydrogen-bond donors (Lipinski definition) is 0. The van der Waals surface area contributed by atoms with Gasteiger partial charge in [0.05, 0.1) is 13.2 Å². The highest BCUT2D eigenvalue weighted by molar-refractivity contribution is 6.05. The van der Waals surface area contributed by atoms with E-state index in [0.717, 1.165) is 50.0 Å². The minimum Gasteiger partial charge on any atom is -0.379 e. The molecule has 3 aromatic rings. The van der Waals surface area contributed by atoms with Gasteiger partial charge in [0.1, 0.15) is 0 Å². The fraction of sp³-hybridized carbons (Fsp3) is 0.333. The molecular formula is C21H22N2O3.